The molecule has 4 atom stereocenters. The highest BCUT2D eigenvalue weighted by Gasteiger charge is 2.31. The monoisotopic (exact) mass is 736 g/mol. The number of nitrogens with one attached hydrogen (secondary N) is 1. The maximum Gasteiger partial charge on any atom is 0.239 e. The van der Waals surface area contributed by atoms with Gasteiger partial charge in [0.05, 0.1) is 31.4 Å². The van der Waals surface area contributed by atoms with Crippen LogP contribution in [0.1, 0.15) is 66.5 Å². The van der Waals surface area contributed by atoms with Crippen molar-refractivity contribution in [3.8, 4) is 23.3 Å². The van der Waals surface area contributed by atoms with Gasteiger partial charge in [0.15, 0.2) is 0 Å². The molecule has 3 aromatic rings. The number of ether oxygens (including phenoxy) is 3. The standard InChI is InChI=1S/C42H52N6O6/c1-27-17-33(23-47-42(4,26-49)41(45)51)39(53-24-31-18-30(20-43)21-46-22-31)19-38(27)54-25-32-9-5-10-34(28(32)2)35-11-6-13-37(29(35)3)52-16-8-15-48-14-7-12-36(48)40(44)50/h5-6,9-11,13,17-19,21-22,28,32,36,47,49H,7-8,12,14-16,23-26H2,1-4H3,(H2,44,50)(H2,45,51)/t28?,32?,36-,42?/m0/s1. The molecule has 1 fully saturated rings. The van der Waals surface area contributed by atoms with E-state index in [1.165, 1.54) is 11.8 Å². The first-order valence-corrected chi connectivity index (χ1v) is 18.5. The molecule has 2 aliphatic rings. The van der Waals surface area contributed by atoms with Crippen molar-refractivity contribution in [2.45, 2.75) is 71.7 Å². The average molecular weight is 737 g/mol. The fraction of sp³-hybridized carbons (Fsp3) is 0.429. The first kappa shape index (κ1) is 40.0. The highest BCUT2D eigenvalue weighted by molar-refractivity contribution is 5.84. The zero-order valence-electron chi connectivity index (χ0n) is 31.6. The minimum Gasteiger partial charge on any atom is -0.493 e. The Labute approximate surface area is 317 Å². The summed E-state index contributed by atoms with van der Waals surface area (Å²) in [5.74, 6) is 1.32. The van der Waals surface area contributed by atoms with E-state index in [0.717, 1.165) is 65.9 Å². The summed E-state index contributed by atoms with van der Waals surface area (Å²) in [6.45, 7) is 10.3. The molecule has 1 aliphatic heterocycles. The number of nitriles is 1. The molecule has 54 heavy (non-hydrogen) atoms. The molecule has 12 nitrogen and oxygen atoms in total. The van der Waals surface area contributed by atoms with Crippen molar-refractivity contribution in [3.63, 3.8) is 0 Å². The first-order valence-electron chi connectivity index (χ1n) is 18.5. The number of aliphatic hydroxyl groups excluding tert-OH is 1. The average Bonchev–Trinajstić information content (AvgIpc) is 3.65. The SMILES string of the molecule is Cc1cc(CNC(C)(CO)C(N)=O)c(OCc2cncc(C#N)c2)cc1OCC1C=CC=C(c2cccc(OCCCN3CCC[C@H]3C(N)=O)c2C)C1C. The molecule has 0 radical (unpaired) electrons. The van der Waals surface area contributed by atoms with Crippen LogP contribution in [-0.4, -0.2) is 71.3 Å². The van der Waals surface area contributed by atoms with Crippen LogP contribution in [0.4, 0.5) is 0 Å². The number of hydrogen-bond donors (Lipinski definition) is 4. The number of carbonyl (C=O) groups is 2. The van der Waals surface area contributed by atoms with Gasteiger partial charge in [0.1, 0.15) is 35.5 Å². The van der Waals surface area contributed by atoms with Gasteiger partial charge in [-0.1, -0.05) is 37.3 Å². The summed E-state index contributed by atoms with van der Waals surface area (Å²) >= 11 is 0. The lowest BCUT2D eigenvalue weighted by Gasteiger charge is -2.29. The predicted molar refractivity (Wildman–Crippen MR) is 206 cm³/mol. The summed E-state index contributed by atoms with van der Waals surface area (Å²) in [5.41, 5.74) is 16.0. The Bertz CT molecular complexity index is 1920. The number of rotatable bonds is 18. The van der Waals surface area contributed by atoms with Gasteiger partial charge in [0.25, 0.3) is 0 Å². The van der Waals surface area contributed by atoms with Crippen LogP contribution in [0.3, 0.4) is 0 Å². The number of nitrogens with zero attached hydrogens (tertiary/aromatic N) is 3. The number of aliphatic hydroxyl groups is 1. The number of hydrogen-bond acceptors (Lipinski definition) is 10. The lowest BCUT2D eigenvalue weighted by Crippen LogP contribution is -2.55. The minimum absolute atomic E-state index is 0.0818. The van der Waals surface area contributed by atoms with Crippen molar-refractivity contribution in [2.75, 3.05) is 32.9 Å². The van der Waals surface area contributed by atoms with Crippen molar-refractivity contribution in [3.05, 3.63) is 100 Å². The Morgan fingerprint density at radius 3 is 2.67 bits per heavy atom. The van der Waals surface area contributed by atoms with Gasteiger partial charge in [-0.3, -0.25) is 24.8 Å². The molecule has 1 aromatic heterocycles. The van der Waals surface area contributed by atoms with E-state index in [0.29, 0.717) is 30.3 Å². The Morgan fingerprint density at radius 1 is 1.11 bits per heavy atom. The Hall–Kier alpha value is -5.22. The highest BCUT2D eigenvalue weighted by atomic mass is 16.5. The summed E-state index contributed by atoms with van der Waals surface area (Å²) in [6.07, 6.45) is 12.2. The zero-order valence-corrected chi connectivity index (χ0v) is 31.6. The Morgan fingerprint density at radius 2 is 1.93 bits per heavy atom. The second kappa shape index (κ2) is 18.2. The van der Waals surface area contributed by atoms with Gasteiger partial charge in [0.2, 0.25) is 11.8 Å². The summed E-state index contributed by atoms with van der Waals surface area (Å²) in [7, 11) is 0. The van der Waals surface area contributed by atoms with Crippen LogP contribution in [0.15, 0.2) is 67.0 Å². The molecule has 12 heteroatoms. The number of aromatic nitrogens is 1. The number of likely N-dealkylation sites (tertiary alicyclic amines) is 1. The molecule has 286 valence electrons. The number of nitrogens with two attached hydrogens (primary N) is 2. The molecule has 0 bridgehead atoms. The van der Waals surface area contributed by atoms with E-state index in [1.807, 2.05) is 31.2 Å². The van der Waals surface area contributed by atoms with Crippen LogP contribution in [0, 0.1) is 37.0 Å². The molecule has 2 amide bonds. The molecule has 3 unspecified atom stereocenters. The van der Waals surface area contributed by atoms with Gasteiger partial charge in [-0.2, -0.15) is 5.26 Å². The van der Waals surface area contributed by atoms with Gasteiger partial charge in [-0.25, -0.2) is 0 Å². The van der Waals surface area contributed by atoms with Crippen LogP contribution in [0.2, 0.25) is 0 Å². The molecular weight excluding hydrogens is 684 g/mol. The maximum atomic E-state index is 12.1. The van der Waals surface area contributed by atoms with Crippen LogP contribution >= 0.6 is 0 Å². The van der Waals surface area contributed by atoms with Crippen molar-refractivity contribution in [2.24, 2.45) is 23.3 Å². The number of pyridine rings is 1. The van der Waals surface area contributed by atoms with E-state index in [-0.39, 0.29) is 36.9 Å². The highest BCUT2D eigenvalue weighted by Crippen LogP contribution is 2.38. The largest absolute Gasteiger partial charge is 0.493 e. The third-order valence-corrected chi connectivity index (χ3v) is 10.5. The van der Waals surface area contributed by atoms with Crippen LogP contribution in [0.5, 0.6) is 17.2 Å². The molecule has 1 saturated heterocycles. The van der Waals surface area contributed by atoms with Crippen LogP contribution in [-0.2, 0) is 22.7 Å². The number of amides is 2. The van der Waals surface area contributed by atoms with E-state index in [9.17, 15) is 20.0 Å². The fourth-order valence-corrected chi connectivity index (χ4v) is 6.98. The molecule has 1 aliphatic carbocycles. The third kappa shape index (κ3) is 9.65. The van der Waals surface area contributed by atoms with Gasteiger partial charge in [-0.15, -0.1) is 0 Å². The fourth-order valence-electron chi connectivity index (χ4n) is 6.98. The number of carbonyl (C=O) groups excluding carboxylic acids is 2. The second-order valence-electron chi connectivity index (χ2n) is 14.4. The lowest BCUT2D eigenvalue weighted by molar-refractivity contribution is -0.125. The molecule has 5 rings (SSSR count). The normalized spacial score (nSPS) is 19.4. The number of aryl methyl sites for hydroxylation is 1. The molecule has 2 heterocycles. The van der Waals surface area contributed by atoms with E-state index >= 15 is 0 Å². The van der Waals surface area contributed by atoms with E-state index in [2.05, 4.69) is 59.4 Å². The van der Waals surface area contributed by atoms with E-state index < -0.39 is 18.1 Å². The Kier molecular flexibility index (Phi) is 13.5. The van der Waals surface area contributed by atoms with Gasteiger partial charge in [0, 0.05) is 48.6 Å². The van der Waals surface area contributed by atoms with Gasteiger partial charge < -0.3 is 30.8 Å². The van der Waals surface area contributed by atoms with Crippen molar-refractivity contribution >= 4 is 17.4 Å². The topological polar surface area (TPSA) is 186 Å². The maximum absolute atomic E-state index is 12.1. The molecule has 6 N–H and O–H groups in total. The predicted octanol–water partition coefficient (Wildman–Crippen LogP) is 4.48. The lowest BCUT2D eigenvalue weighted by atomic mass is 9.79. The summed E-state index contributed by atoms with van der Waals surface area (Å²) in [4.78, 5) is 30.1. The third-order valence-electron chi connectivity index (χ3n) is 10.5. The van der Waals surface area contributed by atoms with E-state index in [4.69, 9.17) is 25.7 Å². The number of benzene rings is 2. The zero-order chi connectivity index (χ0) is 38.8. The van der Waals surface area contributed by atoms with Gasteiger partial charge in [-0.05, 0) is 93.0 Å². The van der Waals surface area contributed by atoms with Gasteiger partial charge >= 0.3 is 0 Å². The van der Waals surface area contributed by atoms with E-state index in [1.54, 1.807) is 19.2 Å². The van der Waals surface area contributed by atoms with Crippen molar-refractivity contribution in [1.82, 2.24) is 15.2 Å². The second-order valence-corrected chi connectivity index (χ2v) is 14.4. The van der Waals surface area contributed by atoms with Crippen LogP contribution in [0.25, 0.3) is 5.57 Å². The molecular formula is C42H52N6O6. The molecule has 2 aromatic carbocycles. The van der Waals surface area contributed by atoms with Crippen molar-refractivity contribution < 1.29 is 28.9 Å². The molecule has 0 spiro atoms. The summed E-state index contributed by atoms with van der Waals surface area (Å²) in [5, 5.41) is 22.2. The Balaban J connectivity index is 1.26. The van der Waals surface area contributed by atoms with Crippen LogP contribution < -0.4 is 31.0 Å². The summed E-state index contributed by atoms with van der Waals surface area (Å²) in [6, 6.07) is 13.6. The minimum atomic E-state index is -1.32. The smallest absolute Gasteiger partial charge is 0.239 e. The number of allylic oxidation sites excluding steroid dienone is 3. The first-order chi connectivity index (χ1) is 25.9. The summed E-state index contributed by atoms with van der Waals surface area (Å²) < 4.78 is 19.0. The molecule has 0 saturated carbocycles. The van der Waals surface area contributed by atoms with Crippen molar-refractivity contribution in [1.29, 1.82) is 5.26 Å². The quantitative estimate of drug-likeness (QED) is 0.136. The number of primary amides is 2.